The normalized spacial score (nSPS) is 25.2. The molecule has 55 heavy (non-hydrogen) atoms. The highest BCUT2D eigenvalue weighted by Crippen LogP contribution is 2.54. The third kappa shape index (κ3) is 8.13. The van der Waals surface area contributed by atoms with E-state index in [0.29, 0.717) is 56.3 Å². The van der Waals surface area contributed by atoms with Crippen LogP contribution in [0.2, 0.25) is 0 Å². The Hall–Kier alpha value is -3.26. The Balaban J connectivity index is 1.01. The van der Waals surface area contributed by atoms with Crippen LogP contribution in [0.5, 0.6) is 0 Å². The van der Waals surface area contributed by atoms with Gasteiger partial charge in [-0.05, 0) is 131 Å². The third-order valence-electron chi connectivity index (χ3n) is 13.9. The number of ether oxygens (including phenoxy) is 2. The number of anilines is 1. The topological polar surface area (TPSA) is 112 Å². The number of likely N-dealkylation sites (tertiary alicyclic amines) is 3. The van der Waals surface area contributed by atoms with Crippen molar-refractivity contribution in [2.24, 2.45) is 17.8 Å². The van der Waals surface area contributed by atoms with Crippen molar-refractivity contribution >= 4 is 27.5 Å². The molecule has 3 atom stereocenters. The van der Waals surface area contributed by atoms with Gasteiger partial charge in [-0.15, -0.1) is 0 Å². The minimum atomic E-state index is -3.50. The van der Waals surface area contributed by atoms with Gasteiger partial charge in [0, 0.05) is 57.9 Å². The summed E-state index contributed by atoms with van der Waals surface area (Å²) >= 11 is 0. The van der Waals surface area contributed by atoms with E-state index in [1.807, 2.05) is 18.2 Å². The number of nitrogens with one attached hydrogen (secondary N) is 1. The standard InChI is InChI=1S/C42H60FN5O6S/c1-44-40(50)47-23-17-37(18-24-47)55(51,52)36-13-11-35(12-14-36)48-28-41(29-48,54-3)27-46-21-15-32(16-22-46)42(30-45-19-6-20-45,33-8-5-9-34(43)26-33)38-10-4-7-31(38)25-39(49)53-2/h5,8-9,11-14,26,31-32,37-38H,4,6-7,10,15-25,27-30H2,1-3H3,(H,44,50)/t31-,38+,42+/m1/s1. The van der Waals surface area contributed by atoms with Gasteiger partial charge < -0.3 is 34.4 Å². The highest BCUT2D eigenvalue weighted by Gasteiger charge is 2.53. The van der Waals surface area contributed by atoms with E-state index in [-0.39, 0.29) is 40.7 Å². The summed E-state index contributed by atoms with van der Waals surface area (Å²) in [5, 5.41) is 2.12. The van der Waals surface area contributed by atoms with Gasteiger partial charge in [0.15, 0.2) is 9.84 Å². The number of piperidine rings is 2. The molecule has 1 aliphatic carbocycles. The summed E-state index contributed by atoms with van der Waals surface area (Å²) in [6.45, 7) is 7.98. The van der Waals surface area contributed by atoms with Crippen molar-refractivity contribution in [2.75, 3.05) is 91.6 Å². The first-order valence-corrected chi connectivity index (χ1v) is 21.9. The van der Waals surface area contributed by atoms with E-state index in [4.69, 9.17) is 9.47 Å². The Labute approximate surface area is 326 Å². The van der Waals surface area contributed by atoms with Gasteiger partial charge in [-0.25, -0.2) is 17.6 Å². The Morgan fingerprint density at radius 3 is 2.20 bits per heavy atom. The van der Waals surface area contributed by atoms with E-state index in [1.165, 1.54) is 13.5 Å². The summed E-state index contributed by atoms with van der Waals surface area (Å²) in [5.74, 6) is 0.497. The molecule has 2 amide bonds. The molecular weight excluding hydrogens is 722 g/mol. The van der Waals surface area contributed by atoms with Crippen LogP contribution < -0.4 is 10.2 Å². The third-order valence-corrected chi connectivity index (χ3v) is 16.2. The molecular formula is C42H60FN5O6S. The van der Waals surface area contributed by atoms with Crippen LogP contribution in [0.1, 0.15) is 63.4 Å². The lowest BCUT2D eigenvalue weighted by molar-refractivity contribution is -0.142. The van der Waals surface area contributed by atoms with Crippen molar-refractivity contribution < 1.29 is 31.9 Å². The molecule has 0 bridgehead atoms. The number of esters is 1. The van der Waals surface area contributed by atoms with E-state index in [0.717, 1.165) is 82.6 Å². The zero-order chi connectivity index (χ0) is 38.8. The first-order chi connectivity index (χ1) is 26.5. The molecule has 4 saturated heterocycles. The number of carbonyl (C=O) groups is 2. The average molecular weight is 782 g/mol. The molecule has 11 nitrogen and oxygen atoms in total. The van der Waals surface area contributed by atoms with Gasteiger partial charge in [0.2, 0.25) is 0 Å². The van der Waals surface area contributed by atoms with Gasteiger partial charge in [0.1, 0.15) is 11.4 Å². The molecule has 1 saturated carbocycles. The number of amides is 2. The summed E-state index contributed by atoms with van der Waals surface area (Å²) in [6.07, 6.45) is 7.58. The number of urea groups is 1. The summed E-state index contributed by atoms with van der Waals surface area (Å²) < 4.78 is 53.4. The fraction of sp³-hybridized carbons (Fsp3) is 0.667. The van der Waals surface area contributed by atoms with Crippen molar-refractivity contribution in [1.29, 1.82) is 0 Å². The Bertz CT molecular complexity index is 1750. The fourth-order valence-electron chi connectivity index (χ4n) is 10.7. The molecule has 4 aliphatic heterocycles. The minimum Gasteiger partial charge on any atom is -0.469 e. The van der Waals surface area contributed by atoms with Gasteiger partial charge in [-0.1, -0.05) is 18.6 Å². The first-order valence-electron chi connectivity index (χ1n) is 20.4. The van der Waals surface area contributed by atoms with E-state index >= 15 is 4.39 Å². The van der Waals surface area contributed by atoms with Gasteiger partial charge in [-0.2, -0.15) is 0 Å². The summed E-state index contributed by atoms with van der Waals surface area (Å²) in [6, 6.07) is 14.4. The molecule has 13 heteroatoms. The number of hydrogen-bond donors (Lipinski definition) is 1. The van der Waals surface area contributed by atoms with Crippen LogP contribution in [0.25, 0.3) is 0 Å². The molecule has 2 aromatic rings. The Morgan fingerprint density at radius 1 is 0.891 bits per heavy atom. The fourth-order valence-corrected chi connectivity index (χ4v) is 12.5. The van der Waals surface area contributed by atoms with Crippen LogP contribution >= 0.6 is 0 Å². The molecule has 4 heterocycles. The number of benzene rings is 2. The second-order valence-electron chi connectivity index (χ2n) is 16.8. The monoisotopic (exact) mass is 781 g/mol. The number of methoxy groups -OCH3 is 2. The van der Waals surface area contributed by atoms with Gasteiger partial charge in [0.05, 0.1) is 30.3 Å². The quantitative estimate of drug-likeness (QED) is 0.283. The van der Waals surface area contributed by atoms with Crippen LogP contribution in [0, 0.1) is 23.6 Å². The lowest BCUT2D eigenvalue weighted by atomic mass is 9.56. The zero-order valence-corrected chi connectivity index (χ0v) is 33.7. The maximum absolute atomic E-state index is 15.1. The maximum Gasteiger partial charge on any atom is 0.317 e. The highest BCUT2D eigenvalue weighted by atomic mass is 32.2. The molecule has 302 valence electrons. The van der Waals surface area contributed by atoms with Crippen LogP contribution in [0.4, 0.5) is 14.9 Å². The van der Waals surface area contributed by atoms with Crippen LogP contribution in [0.3, 0.4) is 0 Å². The smallest absolute Gasteiger partial charge is 0.317 e. The molecule has 0 aromatic heterocycles. The summed E-state index contributed by atoms with van der Waals surface area (Å²) in [7, 11) is 1.35. The molecule has 0 spiro atoms. The van der Waals surface area contributed by atoms with Crippen LogP contribution in [-0.4, -0.2) is 133 Å². The predicted octanol–water partition coefficient (Wildman–Crippen LogP) is 4.94. The molecule has 0 unspecified atom stereocenters. The molecule has 1 N–H and O–H groups in total. The predicted molar refractivity (Wildman–Crippen MR) is 210 cm³/mol. The molecule has 0 radical (unpaired) electrons. The van der Waals surface area contributed by atoms with E-state index in [9.17, 15) is 18.0 Å². The van der Waals surface area contributed by atoms with Gasteiger partial charge in [-0.3, -0.25) is 4.79 Å². The van der Waals surface area contributed by atoms with Crippen LogP contribution in [-0.2, 0) is 29.5 Å². The number of rotatable bonds is 13. The van der Waals surface area contributed by atoms with Gasteiger partial charge >= 0.3 is 12.0 Å². The van der Waals surface area contributed by atoms with E-state index in [2.05, 4.69) is 26.1 Å². The number of carbonyl (C=O) groups excluding carboxylic acids is 2. The molecule has 7 rings (SSSR count). The molecule has 5 fully saturated rings. The molecule has 2 aromatic carbocycles. The number of nitrogens with zero attached hydrogens (tertiary/aromatic N) is 4. The number of halogens is 1. The lowest BCUT2D eigenvalue weighted by Crippen LogP contribution is -2.68. The zero-order valence-electron chi connectivity index (χ0n) is 32.9. The number of hydrogen-bond acceptors (Lipinski definition) is 9. The average Bonchev–Trinajstić information content (AvgIpc) is 3.64. The highest BCUT2D eigenvalue weighted by molar-refractivity contribution is 7.92. The summed E-state index contributed by atoms with van der Waals surface area (Å²) in [5.41, 5.74) is 1.49. The van der Waals surface area contributed by atoms with Crippen molar-refractivity contribution in [3.8, 4) is 0 Å². The Kier molecular flexibility index (Phi) is 12.1. The van der Waals surface area contributed by atoms with E-state index in [1.54, 1.807) is 43.3 Å². The maximum atomic E-state index is 15.1. The van der Waals surface area contributed by atoms with Crippen molar-refractivity contribution in [2.45, 2.75) is 78.9 Å². The van der Waals surface area contributed by atoms with Crippen molar-refractivity contribution in [3.05, 3.63) is 59.9 Å². The van der Waals surface area contributed by atoms with E-state index < -0.39 is 15.1 Å². The summed E-state index contributed by atoms with van der Waals surface area (Å²) in [4.78, 5) is 33.9. The second kappa shape index (κ2) is 16.7. The van der Waals surface area contributed by atoms with Gasteiger partial charge in [0.25, 0.3) is 0 Å². The van der Waals surface area contributed by atoms with Crippen molar-refractivity contribution in [1.82, 2.24) is 20.0 Å². The minimum absolute atomic E-state index is 0.152. The Morgan fingerprint density at radius 2 is 1.60 bits per heavy atom. The largest absolute Gasteiger partial charge is 0.469 e. The molecule has 5 aliphatic rings. The SMILES string of the molecule is CNC(=O)N1CCC(S(=O)(=O)c2ccc(N3CC(CN4CCC([C@@](CN5CCC5)(c5cccc(F)c5)[C@H]5CCC[C@@H]5CC(=O)OC)CC4)(OC)C3)cc2)CC1. The van der Waals surface area contributed by atoms with Crippen molar-refractivity contribution in [3.63, 3.8) is 0 Å². The number of sulfone groups is 1. The second-order valence-corrected chi connectivity index (χ2v) is 19.1. The van der Waals surface area contributed by atoms with Crippen LogP contribution in [0.15, 0.2) is 53.4 Å². The first kappa shape index (κ1) is 40.0. The lowest BCUT2D eigenvalue weighted by Gasteiger charge is -2.55.